The number of benzene rings is 2. The van der Waals surface area contributed by atoms with Crippen molar-refractivity contribution in [1.29, 1.82) is 0 Å². The summed E-state index contributed by atoms with van der Waals surface area (Å²) in [5, 5.41) is 0.892. The first-order valence-corrected chi connectivity index (χ1v) is 6.65. The SMILES string of the molecule is O=Cc1cc(Cl)cc(Cl)c1OCc1cc(Cl)ccc1F. The van der Waals surface area contributed by atoms with Crippen LogP contribution in [0.15, 0.2) is 30.3 Å². The average molecular weight is 334 g/mol. The molecule has 2 rings (SSSR count). The zero-order chi connectivity index (χ0) is 14.7. The number of halogens is 4. The van der Waals surface area contributed by atoms with Gasteiger partial charge in [0.2, 0.25) is 0 Å². The van der Waals surface area contributed by atoms with Crippen LogP contribution in [0.1, 0.15) is 15.9 Å². The van der Waals surface area contributed by atoms with E-state index in [0.29, 0.717) is 16.3 Å². The minimum absolute atomic E-state index is 0.103. The zero-order valence-corrected chi connectivity index (χ0v) is 12.3. The zero-order valence-electron chi connectivity index (χ0n) is 10.00. The highest BCUT2D eigenvalue weighted by atomic mass is 35.5. The summed E-state index contributed by atoms with van der Waals surface area (Å²) in [5.41, 5.74) is 0.463. The number of rotatable bonds is 4. The van der Waals surface area contributed by atoms with Gasteiger partial charge in [0, 0.05) is 15.6 Å². The molecule has 0 saturated heterocycles. The van der Waals surface area contributed by atoms with Crippen LogP contribution in [0.5, 0.6) is 5.75 Å². The molecule has 0 atom stereocenters. The van der Waals surface area contributed by atoms with Crippen LogP contribution in [0.25, 0.3) is 0 Å². The molecule has 104 valence electrons. The molecule has 0 aliphatic carbocycles. The first-order chi connectivity index (χ1) is 9.51. The van der Waals surface area contributed by atoms with Gasteiger partial charge in [0.15, 0.2) is 6.29 Å². The maximum Gasteiger partial charge on any atom is 0.153 e. The van der Waals surface area contributed by atoms with E-state index in [1.54, 1.807) is 0 Å². The van der Waals surface area contributed by atoms with Crippen molar-refractivity contribution in [3.05, 3.63) is 62.3 Å². The maximum absolute atomic E-state index is 13.6. The fourth-order valence-corrected chi connectivity index (χ4v) is 2.38. The van der Waals surface area contributed by atoms with E-state index in [1.165, 1.54) is 30.3 Å². The predicted octanol–water partition coefficient (Wildman–Crippen LogP) is 5.18. The molecule has 0 heterocycles. The Kier molecular flexibility index (Phi) is 4.86. The summed E-state index contributed by atoms with van der Waals surface area (Å²) in [5.74, 6) is -0.294. The molecular formula is C14H8Cl3FO2. The van der Waals surface area contributed by atoms with Crippen molar-refractivity contribution in [1.82, 2.24) is 0 Å². The van der Waals surface area contributed by atoms with E-state index in [-0.39, 0.29) is 28.5 Å². The molecule has 0 aromatic heterocycles. The second kappa shape index (κ2) is 6.44. The van der Waals surface area contributed by atoms with Crippen LogP contribution in [0.3, 0.4) is 0 Å². The quantitative estimate of drug-likeness (QED) is 0.721. The maximum atomic E-state index is 13.6. The predicted molar refractivity (Wildman–Crippen MR) is 77.6 cm³/mol. The third kappa shape index (κ3) is 3.42. The number of carbonyl (C=O) groups excluding carboxylic acids is 1. The largest absolute Gasteiger partial charge is 0.486 e. The lowest BCUT2D eigenvalue weighted by Crippen LogP contribution is -2.01. The lowest BCUT2D eigenvalue weighted by molar-refractivity contribution is 0.111. The Hall–Kier alpha value is -1.29. The summed E-state index contributed by atoms with van der Waals surface area (Å²) < 4.78 is 19.0. The summed E-state index contributed by atoms with van der Waals surface area (Å²) in [6.07, 6.45) is 0.571. The van der Waals surface area contributed by atoms with E-state index in [1.807, 2.05) is 0 Å². The van der Waals surface area contributed by atoms with Gasteiger partial charge in [-0.25, -0.2) is 4.39 Å². The second-order valence-electron chi connectivity index (χ2n) is 3.95. The van der Waals surface area contributed by atoms with Gasteiger partial charge in [-0.05, 0) is 30.3 Å². The van der Waals surface area contributed by atoms with E-state index in [2.05, 4.69) is 0 Å². The Labute approximate surface area is 130 Å². The molecule has 0 saturated carbocycles. The fraction of sp³-hybridized carbons (Fsp3) is 0.0714. The third-order valence-electron chi connectivity index (χ3n) is 2.54. The number of aldehydes is 1. The summed E-state index contributed by atoms with van der Waals surface area (Å²) in [7, 11) is 0. The number of carbonyl (C=O) groups is 1. The molecule has 0 aliphatic rings. The van der Waals surface area contributed by atoms with E-state index in [4.69, 9.17) is 39.5 Å². The monoisotopic (exact) mass is 332 g/mol. The van der Waals surface area contributed by atoms with Crippen molar-refractivity contribution >= 4 is 41.1 Å². The van der Waals surface area contributed by atoms with E-state index >= 15 is 0 Å². The molecule has 2 nitrogen and oxygen atoms in total. The molecule has 2 aromatic rings. The molecule has 0 N–H and O–H groups in total. The van der Waals surface area contributed by atoms with Crippen LogP contribution >= 0.6 is 34.8 Å². The molecule has 0 radical (unpaired) electrons. The van der Waals surface area contributed by atoms with Crippen molar-refractivity contribution in [2.75, 3.05) is 0 Å². The first kappa shape index (κ1) is 15.1. The van der Waals surface area contributed by atoms with Crippen LogP contribution in [0.4, 0.5) is 4.39 Å². The van der Waals surface area contributed by atoms with Crippen LogP contribution in [-0.4, -0.2) is 6.29 Å². The molecular weight excluding hydrogens is 326 g/mol. The molecule has 0 spiro atoms. The Morgan fingerprint density at radius 2 is 1.85 bits per heavy atom. The third-order valence-corrected chi connectivity index (χ3v) is 3.28. The minimum atomic E-state index is -0.452. The van der Waals surface area contributed by atoms with E-state index in [9.17, 15) is 9.18 Å². The van der Waals surface area contributed by atoms with Crippen LogP contribution < -0.4 is 4.74 Å². The van der Waals surface area contributed by atoms with Gasteiger partial charge < -0.3 is 4.74 Å². The second-order valence-corrected chi connectivity index (χ2v) is 5.23. The topological polar surface area (TPSA) is 26.3 Å². The minimum Gasteiger partial charge on any atom is -0.486 e. The highest BCUT2D eigenvalue weighted by Gasteiger charge is 2.12. The summed E-state index contributed by atoms with van der Waals surface area (Å²) in [4.78, 5) is 11.0. The molecule has 20 heavy (non-hydrogen) atoms. The molecule has 0 amide bonds. The first-order valence-electron chi connectivity index (χ1n) is 5.52. The van der Waals surface area contributed by atoms with E-state index < -0.39 is 5.82 Å². The lowest BCUT2D eigenvalue weighted by atomic mass is 10.2. The van der Waals surface area contributed by atoms with Gasteiger partial charge >= 0.3 is 0 Å². The highest BCUT2D eigenvalue weighted by Crippen LogP contribution is 2.32. The van der Waals surface area contributed by atoms with Gasteiger partial charge in [-0.2, -0.15) is 0 Å². The standard InChI is InChI=1S/C14H8Cl3FO2/c15-10-1-2-13(18)9(4-10)7-20-14-8(6-19)3-11(16)5-12(14)17/h1-6H,7H2. The number of hydrogen-bond donors (Lipinski definition) is 0. The number of ether oxygens (including phenoxy) is 1. The van der Waals surface area contributed by atoms with Gasteiger partial charge in [-0.3, -0.25) is 4.79 Å². The number of hydrogen-bond acceptors (Lipinski definition) is 2. The summed E-state index contributed by atoms with van der Waals surface area (Å²) in [6, 6.07) is 6.99. The Morgan fingerprint density at radius 1 is 1.10 bits per heavy atom. The van der Waals surface area contributed by atoms with Gasteiger partial charge in [0.05, 0.1) is 10.6 Å². The van der Waals surface area contributed by atoms with Crippen molar-refractivity contribution in [3.63, 3.8) is 0 Å². The molecule has 0 bridgehead atoms. The molecule has 2 aromatic carbocycles. The molecule has 6 heteroatoms. The highest BCUT2D eigenvalue weighted by molar-refractivity contribution is 6.36. The van der Waals surface area contributed by atoms with Gasteiger partial charge in [0.25, 0.3) is 0 Å². The normalized spacial score (nSPS) is 10.4. The Balaban J connectivity index is 2.27. The van der Waals surface area contributed by atoms with Gasteiger partial charge in [-0.1, -0.05) is 34.8 Å². The molecule has 0 unspecified atom stereocenters. The van der Waals surface area contributed by atoms with E-state index in [0.717, 1.165) is 0 Å². The van der Waals surface area contributed by atoms with Gasteiger partial charge in [-0.15, -0.1) is 0 Å². The summed E-state index contributed by atoms with van der Waals surface area (Å²) in [6.45, 7) is -0.103. The lowest BCUT2D eigenvalue weighted by Gasteiger charge is -2.11. The summed E-state index contributed by atoms with van der Waals surface area (Å²) >= 11 is 17.5. The van der Waals surface area contributed by atoms with Crippen LogP contribution in [0.2, 0.25) is 15.1 Å². The smallest absolute Gasteiger partial charge is 0.153 e. The fourth-order valence-electron chi connectivity index (χ4n) is 1.62. The van der Waals surface area contributed by atoms with Gasteiger partial charge in [0.1, 0.15) is 18.2 Å². The Bertz CT molecular complexity index is 659. The Morgan fingerprint density at radius 3 is 2.55 bits per heavy atom. The van der Waals surface area contributed by atoms with Crippen molar-refractivity contribution in [2.45, 2.75) is 6.61 Å². The van der Waals surface area contributed by atoms with Crippen LogP contribution in [-0.2, 0) is 6.61 Å². The molecule has 0 aliphatic heterocycles. The average Bonchev–Trinajstić information content (AvgIpc) is 2.40. The van der Waals surface area contributed by atoms with Crippen LogP contribution in [0, 0.1) is 5.82 Å². The van der Waals surface area contributed by atoms with Crippen molar-refractivity contribution in [2.24, 2.45) is 0 Å². The van der Waals surface area contributed by atoms with Crippen molar-refractivity contribution in [3.8, 4) is 5.75 Å². The molecule has 0 fully saturated rings. The van der Waals surface area contributed by atoms with Crippen molar-refractivity contribution < 1.29 is 13.9 Å².